The fourth-order valence-electron chi connectivity index (χ4n) is 3.28. The van der Waals surface area contributed by atoms with Gasteiger partial charge in [-0.05, 0) is 43.5 Å². The lowest BCUT2D eigenvalue weighted by Crippen LogP contribution is -2.09. The molecule has 0 saturated heterocycles. The minimum Gasteiger partial charge on any atom is -0.508 e. The molecular formula is C26H24O4. The quantitative estimate of drug-likeness (QED) is 0.401. The Bertz CT molecular complexity index is 1050. The second kappa shape index (κ2) is 9.79. The number of Topliss-reactive ketones (excluding diaryl/α,β-unsaturated/α-hetero) is 2. The summed E-state index contributed by atoms with van der Waals surface area (Å²) in [6.07, 6.45) is 1.56. The number of hydrogen-bond acceptors (Lipinski definition) is 4. The monoisotopic (exact) mass is 400 g/mol. The maximum absolute atomic E-state index is 12.6. The Kier molecular flexibility index (Phi) is 6.91. The van der Waals surface area contributed by atoms with Gasteiger partial charge in [-0.1, -0.05) is 60.2 Å². The number of phenolic OH excluding ortho intramolecular Hbond substituents is 1. The summed E-state index contributed by atoms with van der Waals surface area (Å²) in [5, 5.41) is 9.28. The molecule has 4 heteroatoms. The molecule has 0 heterocycles. The van der Waals surface area contributed by atoms with Crippen LogP contribution in [0.3, 0.4) is 0 Å². The van der Waals surface area contributed by atoms with Crippen LogP contribution in [-0.4, -0.2) is 22.5 Å². The summed E-state index contributed by atoms with van der Waals surface area (Å²) >= 11 is 0. The summed E-state index contributed by atoms with van der Waals surface area (Å²) in [7, 11) is 0. The van der Waals surface area contributed by atoms with Gasteiger partial charge in [-0.15, -0.1) is 0 Å². The minimum atomic E-state index is -0.237. The number of benzene rings is 3. The first-order chi connectivity index (χ1) is 14.4. The van der Waals surface area contributed by atoms with Crippen molar-refractivity contribution in [3.05, 3.63) is 101 Å². The van der Waals surface area contributed by atoms with Gasteiger partial charge in [0.25, 0.3) is 0 Å². The largest absolute Gasteiger partial charge is 0.508 e. The second-order valence-corrected chi connectivity index (χ2v) is 7.43. The molecule has 0 aliphatic carbocycles. The van der Waals surface area contributed by atoms with E-state index in [0.29, 0.717) is 29.5 Å². The Morgan fingerprint density at radius 3 is 2.13 bits per heavy atom. The smallest absolute Gasteiger partial charge is 0.193 e. The topological polar surface area (TPSA) is 71.4 Å². The Labute approximate surface area is 176 Å². The number of hydrogen-bond donors (Lipinski definition) is 1. The molecule has 0 aliphatic heterocycles. The SMILES string of the molecule is Cc1cccc(C(=O)c2ccc(C(=O)CC(=O)CCCc3ccc(O)cc3)cc2)c1. The van der Waals surface area contributed by atoms with Gasteiger partial charge in [0.05, 0.1) is 6.42 Å². The molecule has 3 aromatic carbocycles. The number of carbonyl (C=O) groups excluding carboxylic acids is 3. The zero-order chi connectivity index (χ0) is 21.5. The molecule has 0 spiro atoms. The molecule has 0 bridgehead atoms. The molecule has 3 rings (SSSR count). The van der Waals surface area contributed by atoms with Crippen molar-refractivity contribution in [3.8, 4) is 5.75 Å². The fraction of sp³-hybridized carbons (Fsp3) is 0.192. The molecule has 1 N–H and O–H groups in total. The molecule has 0 atom stereocenters. The van der Waals surface area contributed by atoms with Gasteiger partial charge in [0.2, 0.25) is 0 Å². The van der Waals surface area contributed by atoms with E-state index in [9.17, 15) is 19.5 Å². The average Bonchev–Trinajstić information content (AvgIpc) is 2.74. The highest BCUT2D eigenvalue weighted by Crippen LogP contribution is 2.15. The first-order valence-corrected chi connectivity index (χ1v) is 9.96. The van der Waals surface area contributed by atoms with E-state index in [2.05, 4.69) is 0 Å². The van der Waals surface area contributed by atoms with E-state index in [1.807, 2.05) is 37.3 Å². The lowest BCUT2D eigenvalue weighted by molar-refractivity contribution is -0.118. The van der Waals surface area contributed by atoms with Gasteiger partial charge in [-0.3, -0.25) is 14.4 Å². The molecule has 4 nitrogen and oxygen atoms in total. The molecule has 0 amide bonds. The molecule has 0 fully saturated rings. The van der Waals surface area contributed by atoms with E-state index in [0.717, 1.165) is 17.5 Å². The number of carbonyl (C=O) groups is 3. The van der Waals surface area contributed by atoms with Crippen molar-refractivity contribution in [3.63, 3.8) is 0 Å². The summed E-state index contributed by atoms with van der Waals surface area (Å²) in [5.74, 6) is -0.215. The molecule has 3 aromatic rings. The number of ketones is 3. The van der Waals surface area contributed by atoms with Gasteiger partial charge in [0.15, 0.2) is 11.6 Å². The molecule has 0 saturated carbocycles. The van der Waals surface area contributed by atoms with Gasteiger partial charge < -0.3 is 5.11 Å². The summed E-state index contributed by atoms with van der Waals surface area (Å²) in [6, 6.07) is 20.7. The second-order valence-electron chi connectivity index (χ2n) is 7.43. The highest BCUT2D eigenvalue weighted by atomic mass is 16.3. The molecule has 0 radical (unpaired) electrons. The summed E-state index contributed by atoms with van der Waals surface area (Å²) in [4.78, 5) is 37.1. The van der Waals surface area contributed by atoms with Crippen LogP contribution < -0.4 is 0 Å². The first kappa shape index (κ1) is 21.2. The highest BCUT2D eigenvalue weighted by Gasteiger charge is 2.14. The van der Waals surface area contributed by atoms with Crippen LogP contribution in [0.4, 0.5) is 0 Å². The van der Waals surface area contributed by atoms with E-state index < -0.39 is 0 Å². The van der Waals surface area contributed by atoms with Gasteiger partial charge >= 0.3 is 0 Å². The van der Waals surface area contributed by atoms with Gasteiger partial charge in [0.1, 0.15) is 11.5 Å². The van der Waals surface area contributed by atoms with Crippen LogP contribution in [0.25, 0.3) is 0 Å². The van der Waals surface area contributed by atoms with Crippen molar-refractivity contribution in [2.75, 3.05) is 0 Å². The van der Waals surface area contributed by atoms with Crippen LogP contribution >= 0.6 is 0 Å². The molecule has 0 aromatic heterocycles. The standard InChI is InChI=1S/C26H24O4/c1-18-4-2-6-22(16-18)26(30)21-12-10-20(11-13-21)25(29)17-24(28)7-3-5-19-8-14-23(27)15-9-19/h2,4,6,8-16,27H,3,5,7,17H2,1H3. The van der Waals surface area contributed by atoms with Crippen LogP contribution in [0.1, 0.15) is 56.7 Å². The van der Waals surface area contributed by atoms with Gasteiger partial charge in [-0.2, -0.15) is 0 Å². The van der Waals surface area contributed by atoms with E-state index in [1.165, 1.54) is 0 Å². The maximum Gasteiger partial charge on any atom is 0.193 e. The number of aromatic hydroxyl groups is 1. The Morgan fingerprint density at radius 2 is 1.47 bits per heavy atom. The van der Waals surface area contributed by atoms with E-state index in [-0.39, 0.29) is 29.5 Å². The highest BCUT2D eigenvalue weighted by molar-refractivity contribution is 6.11. The molecular weight excluding hydrogens is 376 g/mol. The van der Waals surface area contributed by atoms with E-state index in [1.54, 1.807) is 42.5 Å². The van der Waals surface area contributed by atoms with Gasteiger partial charge in [0, 0.05) is 23.1 Å². The van der Waals surface area contributed by atoms with Crippen LogP contribution in [0.5, 0.6) is 5.75 Å². The summed E-state index contributed by atoms with van der Waals surface area (Å²) in [6.45, 7) is 1.93. The van der Waals surface area contributed by atoms with Crippen LogP contribution in [0.15, 0.2) is 72.8 Å². The van der Waals surface area contributed by atoms with Crippen molar-refractivity contribution in [1.82, 2.24) is 0 Å². The lowest BCUT2D eigenvalue weighted by atomic mass is 9.98. The zero-order valence-electron chi connectivity index (χ0n) is 16.9. The van der Waals surface area contributed by atoms with E-state index >= 15 is 0 Å². The Hall–Kier alpha value is -3.53. The van der Waals surface area contributed by atoms with Crippen LogP contribution in [-0.2, 0) is 11.2 Å². The molecule has 0 unspecified atom stereocenters. The van der Waals surface area contributed by atoms with Gasteiger partial charge in [-0.25, -0.2) is 0 Å². The van der Waals surface area contributed by atoms with Crippen LogP contribution in [0.2, 0.25) is 0 Å². The van der Waals surface area contributed by atoms with E-state index in [4.69, 9.17) is 0 Å². The van der Waals surface area contributed by atoms with Crippen molar-refractivity contribution in [2.45, 2.75) is 32.6 Å². The molecule has 0 aliphatic rings. The number of rotatable bonds is 9. The number of aryl methyl sites for hydroxylation is 2. The first-order valence-electron chi connectivity index (χ1n) is 9.96. The predicted octanol–water partition coefficient (Wildman–Crippen LogP) is 5.10. The Morgan fingerprint density at radius 1 is 0.800 bits per heavy atom. The number of phenols is 1. The third-order valence-corrected chi connectivity index (χ3v) is 4.96. The lowest BCUT2D eigenvalue weighted by Gasteiger charge is -2.05. The molecule has 30 heavy (non-hydrogen) atoms. The molecule has 152 valence electrons. The summed E-state index contributed by atoms with van der Waals surface area (Å²) in [5.41, 5.74) is 3.61. The normalized spacial score (nSPS) is 10.6. The zero-order valence-corrected chi connectivity index (χ0v) is 16.9. The van der Waals surface area contributed by atoms with Crippen molar-refractivity contribution >= 4 is 17.3 Å². The minimum absolute atomic E-state index is 0.0944. The predicted molar refractivity (Wildman–Crippen MR) is 116 cm³/mol. The van der Waals surface area contributed by atoms with Crippen molar-refractivity contribution in [2.24, 2.45) is 0 Å². The van der Waals surface area contributed by atoms with Crippen LogP contribution in [0, 0.1) is 6.92 Å². The summed E-state index contributed by atoms with van der Waals surface area (Å²) < 4.78 is 0. The van der Waals surface area contributed by atoms with Crippen molar-refractivity contribution in [1.29, 1.82) is 0 Å². The third-order valence-electron chi connectivity index (χ3n) is 4.96. The fourth-order valence-corrected chi connectivity index (χ4v) is 3.28. The maximum atomic E-state index is 12.6. The third kappa shape index (κ3) is 5.74. The van der Waals surface area contributed by atoms with Crippen molar-refractivity contribution < 1.29 is 19.5 Å². The Balaban J connectivity index is 1.52. The average molecular weight is 400 g/mol.